The van der Waals surface area contributed by atoms with Crippen LogP contribution in [0.1, 0.15) is 42.5 Å². The quantitative estimate of drug-likeness (QED) is 0.802. The molecule has 1 aromatic heterocycles. The van der Waals surface area contributed by atoms with Gasteiger partial charge in [0.15, 0.2) is 0 Å². The Morgan fingerprint density at radius 3 is 2.71 bits per heavy atom. The van der Waals surface area contributed by atoms with Gasteiger partial charge in [0.25, 0.3) is 5.91 Å². The maximum absolute atomic E-state index is 12.9. The van der Waals surface area contributed by atoms with Crippen molar-refractivity contribution in [3.8, 4) is 0 Å². The molecule has 0 aliphatic carbocycles. The number of carbonyl (C=O) groups excluding carboxylic acids is 1. The average molecular weight is 332 g/mol. The molecule has 1 aromatic rings. The van der Waals surface area contributed by atoms with Crippen molar-refractivity contribution in [2.45, 2.75) is 38.2 Å². The highest BCUT2D eigenvalue weighted by molar-refractivity contribution is 5.99. The molecule has 132 valence electrons. The molecule has 6 heteroatoms. The van der Waals surface area contributed by atoms with Gasteiger partial charge in [0.2, 0.25) is 0 Å². The molecule has 1 amide bonds. The van der Waals surface area contributed by atoms with E-state index in [2.05, 4.69) is 9.88 Å². The number of nitrogens with two attached hydrogens (primary N) is 1. The summed E-state index contributed by atoms with van der Waals surface area (Å²) in [7, 11) is 0. The highest BCUT2D eigenvalue weighted by Gasteiger charge is 2.27. The van der Waals surface area contributed by atoms with Crippen LogP contribution in [-0.2, 0) is 4.74 Å². The minimum atomic E-state index is 0.102. The number of amides is 1. The number of likely N-dealkylation sites (tertiary alicyclic amines) is 1. The van der Waals surface area contributed by atoms with E-state index in [1.807, 2.05) is 17.0 Å². The molecule has 0 aromatic carbocycles. The highest BCUT2D eigenvalue weighted by atomic mass is 16.5. The molecule has 2 saturated heterocycles. The molecule has 3 heterocycles. The molecule has 2 N–H and O–H groups in total. The summed E-state index contributed by atoms with van der Waals surface area (Å²) in [5, 5.41) is 0. The molecule has 0 bridgehead atoms. The minimum Gasteiger partial charge on any atom is -0.378 e. The zero-order valence-corrected chi connectivity index (χ0v) is 14.3. The van der Waals surface area contributed by atoms with E-state index >= 15 is 0 Å². The lowest BCUT2D eigenvalue weighted by atomic mass is 10.1. The van der Waals surface area contributed by atoms with Gasteiger partial charge in [0.05, 0.1) is 11.7 Å². The number of carbonyl (C=O) groups is 1. The van der Waals surface area contributed by atoms with Crippen LogP contribution in [0.25, 0.3) is 0 Å². The van der Waals surface area contributed by atoms with Crippen molar-refractivity contribution in [2.24, 2.45) is 5.73 Å². The van der Waals surface area contributed by atoms with Gasteiger partial charge < -0.3 is 20.3 Å². The Hall–Kier alpha value is -1.66. The van der Waals surface area contributed by atoms with Gasteiger partial charge in [0.1, 0.15) is 5.82 Å². The second-order valence-corrected chi connectivity index (χ2v) is 6.57. The van der Waals surface area contributed by atoms with Gasteiger partial charge in [-0.15, -0.1) is 0 Å². The van der Waals surface area contributed by atoms with Crippen LogP contribution in [0.15, 0.2) is 18.3 Å². The van der Waals surface area contributed by atoms with Crippen LogP contribution in [0.3, 0.4) is 0 Å². The lowest BCUT2D eigenvalue weighted by molar-refractivity contribution is 0.00846. The summed E-state index contributed by atoms with van der Waals surface area (Å²) in [5.74, 6) is 0.951. The number of nitrogens with zero attached hydrogens (tertiary/aromatic N) is 3. The Balaban J connectivity index is 1.59. The summed E-state index contributed by atoms with van der Waals surface area (Å²) >= 11 is 0. The molecule has 6 nitrogen and oxygen atoms in total. The van der Waals surface area contributed by atoms with E-state index in [9.17, 15) is 4.79 Å². The first-order valence-corrected chi connectivity index (χ1v) is 9.10. The van der Waals surface area contributed by atoms with Gasteiger partial charge in [-0.3, -0.25) is 4.79 Å². The SMILES string of the molecule is NCCCOC1CCN(C(=O)c2cccnc2N2CCCC2)CC1. The monoisotopic (exact) mass is 332 g/mol. The predicted octanol–water partition coefficient (Wildman–Crippen LogP) is 1.65. The topological polar surface area (TPSA) is 71.7 Å². The molecule has 0 saturated carbocycles. The molecule has 2 aliphatic heterocycles. The van der Waals surface area contributed by atoms with Crippen LogP contribution in [-0.4, -0.2) is 61.2 Å². The second kappa shape index (κ2) is 8.44. The number of aromatic nitrogens is 1. The van der Waals surface area contributed by atoms with Crippen molar-refractivity contribution in [3.05, 3.63) is 23.9 Å². The average Bonchev–Trinajstić information content (AvgIpc) is 3.16. The molecule has 2 aliphatic rings. The standard InChI is InChI=1S/C18H28N4O2/c19-8-4-14-24-15-6-12-22(13-7-15)18(23)16-5-3-9-20-17(16)21-10-1-2-11-21/h3,5,9,15H,1-2,4,6-8,10-14,19H2. The normalized spacial score (nSPS) is 19.0. The van der Waals surface area contributed by atoms with E-state index in [0.29, 0.717) is 6.54 Å². The first-order chi connectivity index (χ1) is 11.8. The van der Waals surface area contributed by atoms with E-state index in [1.165, 1.54) is 12.8 Å². The first kappa shape index (κ1) is 17.2. The second-order valence-electron chi connectivity index (χ2n) is 6.57. The van der Waals surface area contributed by atoms with Crippen molar-refractivity contribution in [1.29, 1.82) is 0 Å². The smallest absolute Gasteiger partial charge is 0.257 e. The van der Waals surface area contributed by atoms with Gasteiger partial charge in [-0.05, 0) is 50.8 Å². The van der Waals surface area contributed by atoms with Crippen LogP contribution in [0, 0.1) is 0 Å². The van der Waals surface area contributed by atoms with Crippen LogP contribution in [0.5, 0.6) is 0 Å². The number of hydrogen-bond donors (Lipinski definition) is 1. The van der Waals surface area contributed by atoms with Crippen molar-refractivity contribution >= 4 is 11.7 Å². The van der Waals surface area contributed by atoms with Crippen molar-refractivity contribution in [3.63, 3.8) is 0 Å². The van der Waals surface area contributed by atoms with Crippen molar-refractivity contribution in [1.82, 2.24) is 9.88 Å². The van der Waals surface area contributed by atoms with Crippen LogP contribution < -0.4 is 10.6 Å². The van der Waals surface area contributed by atoms with Gasteiger partial charge in [-0.2, -0.15) is 0 Å². The summed E-state index contributed by atoms with van der Waals surface area (Å²) in [5.41, 5.74) is 6.23. The Morgan fingerprint density at radius 1 is 1.25 bits per heavy atom. The van der Waals surface area contributed by atoms with E-state index in [1.54, 1.807) is 6.20 Å². The zero-order chi connectivity index (χ0) is 16.8. The summed E-state index contributed by atoms with van der Waals surface area (Å²) < 4.78 is 5.82. The number of ether oxygens (including phenoxy) is 1. The first-order valence-electron chi connectivity index (χ1n) is 9.10. The number of pyridine rings is 1. The van der Waals surface area contributed by atoms with Gasteiger partial charge in [-0.1, -0.05) is 0 Å². The zero-order valence-electron chi connectivity index (χ0n) is 14.3. The van der Waals surface area contributed by atoms with Crippen molar-refractivity contribution in [2.75, 3.05) is 44.2 Å². The van der Waals surface area contributed by atoms with Gasteiger partial charge >= 0.3 is 0 Å². The van der Waals surface area contributed by atoms with Crippen LogP contribution in [0.2, 0.25) is 0 Å². The van der Waals surface area contributed by atoms with Crippen molar-refractivity contribution < 1.29 is 9.53 Å². The Morgan fingerprint density at radius 2 is 2.00 bits per heavy atom. The van der Waals surface area contributed by atoms with E-state index < -0.39 is 0 Å². The molecule has 0 atom stereocenters. The Bertz CT molecular complexity index is 538. The number of piperidine rings is 1. The molecule has 0 spiro atoms. The third kappa shape index (κ3) is 4.05. The Kier molecular flexibility index (Phi) is 6.04. The maximum Gasteiger partial charge on any atom is 0.257 e. The fourth-order valence-electron chi connectivity index (χ4n) is 3.47. The highest BCUT2D eigenvalue weighted by Crippen LogP contribution is 2.24. The van der Waals surface area contributed by atoms with E-state index in [0.717, 1.165) is 63.4 Å². The molecular weight excluding hydrogens is 304 g/mol. The predicted molar refractivity (Wildman–Crippen MR) is 94.2 cm³/mol. The lowest BCUT2D eigenvalue weighted by Crippen LogP contribution is -2.41. The summed E-state index contributed by atoms with van der Waals surface area (Å²) in [6.45, 7) is 4.87. The summed E-state index contributed by atoms with van der Waals surface area (Å²) in [6, 6.07) is 3.77. The molecule has 2 fully saturated rings. The molecule has 0 unspecified atom stereocenters. The summed E-state index contributed by atoms with van der Waals surface area (Å²) in [4.78, 5) is 21.6. The largest absolute Gasteiger partial charge is 0.378 e. The minimum absolute atomic E-state index is 0.102. The number of rotatable bonds is 6. The maximum atomic E-state index is 12.9. The van der Waals surface area contributed by atoms with E-state index in [-0.39, 0.29) is 12.0 Å². The van der Waals surface area contributed by atoms with Gasteiger partial charge in [-0.25, -0.2) is 4.98 Å². The molecular formula is C18H28N4O2. The fraction of sp³-hybridized carbons (Fsp3) is 0.667. The Labute approximate surface area is 144 Å². The third-order valence-corrected chi connectivity index (χ3v) is 4.85. The molecule has 0 radical (unpaired) electrons. The van der Waals surface area contributed by atoms with Gasteiger partial charge in [0, 0.05) is 39.0 Å². The third-order valence-electron chi connectivity index (χ3n) is 4.85. The van der Waals surface area contributed by atoms with E-state index in [4.69, 9.17) is 10.5 Å². The summed E-state index contributed by atoms with van der Waals surface area (Å²) in [6.07, 6.45) is 7.08. The molecule has 24 heavy (non-hydrogen) atoms. The molecule has 3 rings (SSSR count). The number of anilines is 1. The van der Waals surface area contributed by atoms with Crippen LogP contribution >= 0.6 is 0 Å². The number of hydrogen-bond acceptors (Lipinski definition) is 5. The fourth-order valence-corrected chi connectivity index (χ4v) is 3.47. The van der Waals surface area contributed by atoms with Crippen LogP contribution in [0.4, 0.5) is 5.82 Å². The lowest BCUT2D eigenvalue weighted by Gasteiger charge is -2.32.